The van der Waals surface area contributed by atoms with Gasteiger partial charge < -0.3 is 4.74 Å². The van der Waals surface area contributed by atoms with Crippen molar-refractivity contribution in [2.24, 2.45) is 0 Å². The minimum absolute atomic E-state index is 0.397. The molecule has 0 N–H and O–H groups in total. The van der Waals surface area contributed by atoms with Crippen LogP contribution in [-0.2, 0) is 0 Å². The number of rotatable bonds is 2. The SMILES string of the molecule is O=C(Oc1ccc(Br)cc1)c1cccc2nc3ccccc3nc12. The van der Waals surface area contributed by atoms with E-state index >= 15 is 0 Å². The van der Waals surface area contributed by atoms with Crippen LogP contribution in [-0.4, -0.2) is 15.9 Å². The predicted octanol–water partition coefficient (Wildman–Crippen LogP) is 4.76. The van der Waals surface area contributed by atoms with Gasteiger partial charge in [-0.2, -0.15) is 0 Å². The molecule has 4 rings (SSSR count). The summed E-state index contributed by atoms with van der Waals surface area (Å²) >= 11 is 3.35. The molecule has 4 nitrogen and oxygen atoms in total. The van der Waals surface area contributed by atoms with Crippen molar-refractivity contribution in [1.29, 1.82) is 0 Å². The number of aromatic nitrogens is 2. The fourth-order valence-corrected chi connectivity index (χ4v) is 2.74. The first-order valence-corrected chi connectivity index (χ1v) is 8.13. The van der Waals surface area contributed by atoms with Crippen molar-refractivity contribution in [2.45, 2.75) is 0 Å². The number of carbonyl (C=O) groups excluding carboxylic acids is 1. The van der Waals surface area contributed by atoms with Gasteiger partial charge in [-0.25, -0.2) is 14.8 Å². The lowest BCUT2D eigenvalue weighted by Crippen LogP contribution is -2.10. The van der Waals surface area contributed by atoms with Gasteiger partial charge in [-0.05, 0) is 48.5 Å². The lowest BCUT2D eigenvalue weighted by atomic mass is 10.1. The van der Waals surface area contributed by atoms with Crippen molar-refractivity contribution in [3.8, 4) is 5.75 Å². The van der Waals surface area contributed by atoms with E-state index in [0.717, 1.165) is 15.5 Å². The van der Waals surface area contributed by atoms with Crippen LogP contribution in [0.5, 0.6) is 5.75 Å². The zero-order chi connectivity index (χ0) is 16.5. The topological polar surface area (TPSA) is 52.1 Å². The molecule has 116 valence electrons. The van der Waals surface area contributed by atoms with E-state index in [1.807, 2.05) is 42.5 Å². The second-order valence-corrected chi connectivity index (χ2v) is 6.14. The van der Waals surface area contributed by atoms with E-state index in [0.29, 0.717) is 22.3 Å². The number of hydrogen-bond donors (Lipinski definition) is 0. The van der Waals surface area contributed by atoms with Gasteiger partial charge in [-0.3, -0.25) is 0 Å². The number of hydrogen-bond acceptors (Lipinski definition) is 4. The summed E-state index contributed by atoms with van der Waals surface area (Å²) in [5.41, 5.74) is 3.14. The molecule has 0 bridgehead atoms. The lowest BCUT2D eigenvalue weighted by molar-refractivity contribution is 0.0736. The number of carbonyl (C=O) groups is 1. The highest BCUT2D eigenvalue weighted by atomic mass is 79.9. The van der Waals surface area contributed by atoms with Crippen molar-refractivity contribution in [2.75, 3.05) is 0 Å². The Morgan fingerprint density at radius 3 is 2.21 bits per heavy atom. The molecule has 0 fully saturated rings. The van der Waals surface area contributed by atoms with Crippen molar-refractivity contribution < 1.29 is 9.53 Å². The maximum atomic E-state index is 12.5. The van der Waals surface area contributed by atoms with Crippen molar-refractivity contribution >= 4 is 44.0 Å². The number of fused-ring (bicyclic) bond motifs is 2. The molecule has 0 amide bonds. The van der Waals surface area contributed by atoms with Gasteiger partial charge in [0.2, 0.25) is 0 Å². The summed E-state index contributed by atoms with van der Waals surface area (Å²) in [6.45, 7) is 0. The van der Waals surface area contributed by atoms with Crippen LogP contribution in [0.3, 0.4) is 0 Å². The minimum Gasteiger partial charge on any atom is -0.423 e. The summed E-state index contributed by atoms with van der Waals surface area (Å²) in [6.07, 6.45) is 0. The summed E-state index contributed by atoms with van der Waals surface area (Å²) in [4.78, 5) is 21.7. The highest BCUT2D eigenvalue weighted by molar-refractivity contribution is 9.10. The Morgan fingerprint density at radius 2 is 1.46 bits per heavy atom. The molecule has 1 aromatic heterocycles. The number of benzene rings is 3. The van der Waals surface area contributed by atoms with Crippen LogP contribution in [0.1, 0.15) is 10.4 Å². The van der Waals surface area contributed by atoms with Gasteiger partial charge in [0.1, 0.15) is 11.3 Å². The van der Waals surface area contributed by atoms with Gasteiger partial charge in [0, 0.05) is 4.47 Å². The summed E-state index contributed by atoms with van der Waals surface area (Å²) in [5, 5.41) is 0. The molecule has 0 saturated heterocycles. The van der Waals surface area contributed by atoms with Crippen LogP contribution >= 0.6 is 15.9 Å². The van der Waals surface area contributed by atoms with E-state index in [2.05, 4.69) is 25.9 Å². The van der Waals surface area contributed by atoms with Crippen LogP contribution < -0.4 is 4.74 Å². The molecule has 24 heavy (non-hydrogen) atoms. The van der Waals surface area contributed by atoms with E-state index in [4.69, 9.17) is 4.74 Å². The molecule has 0 aliphatic heterocycles. The monoisotopic (exact) mass is 378 g/mol. The van der Waals surface area contributed by atoms with Gasteiger partial charge in [-0.15, -0.1) is 0 Å². The summed E-state index contributed by atoms with van der Waals surface area (Å²) < 4.78 is 6.37. The molecule has 0 aliphatic carbocycles. The third-order valence-corrected chi connectivity index (χ3v) is 4.14. The first-order chi connectivity index (χ1) is 11.7. The van der Waals surface area contributed by atoms with Crippen LogP contribution in [0.25, 0.3) is 22.1 Å². The Morgan fingerprint density at radius 1 is 0.792 bits per heavy atom. The summed E-state index contributed by atoms with van der Waals surface area (Å²) in [5.74, 6) is 0.0291. The first-order valence-electron chi connectivity index (χ1n) is 7.34. The van der Waals surface area contributed by atoms with E-state index < -0.39 is 5.97 Å². The zero-order valence-electron chi connectivity index (χ0n) is 12.4. The van der Waals surface area contributed by atoms with Crippen molar-refractivity contribution in [3.05, 3.63) is 76.8 Å². The highest BCUT2D eigenvalue weighted by Crippen LogP contribution is 2.22. The first kappa shape index (κ1) is 14.8. The maximum absolute atomic E-state index is 12.5. The third-order valence-electron chi connectivity index (χ3n) is 3.61. The largest absolute Gasteiger partial charge is 0.423 e. The van der Waals surface area contributed by atoms with Crippen molar-refractivity contribution in [3.63, 3.8) is 0 Å². The van der Waals surface area contributed by atoms with Gasteiger partial charge in [0.15, 0.2) is 0 Å². The van der Waals surface area contributed by atoms with Crippen LogP contribution in [0, 0.1) is 0 Å². The van der Waals surface area contributed by atoms with Crippen LogP contribution in [0.4, 0.5) is 0 Å². The molecule has 5 heteroatoms. The Hall–Kier alpha value is -2.79. The molecule has 1 heterocycles. The fraction of sp³-hybridized carbons (Fsp3) is 0. The lowest BCUT2D eigenvalue weighted by Gasteiger charge is -2.07. The summed E-state index contributed by atoms with van der Waals surface area (Å²) in [7, 11) is 0. The second-order valence-electron chi connectivity index (χ2n) is 5.23. The smallest absolute Gasteiger partial charge is 0.345 e. The molecule has 4 aromatic rings. The second kappa shape index (κ2) is 6.02. The van der Waals surface area contributed by atoms with Gasteiger partial charge >= 0.3 is 5.97 Å². The maximum Gasteiger partial charge on any atom is 0.345 e. The van der Waals surface area contributed by atoms with Crippen molar-refractivity contribution in [1.82, 2.24) is 9.97 Å². The normalized spacial score (nSPS) is 10.9. The molecule has 0 radical (unpaired) electrons. The Labute approximate surface area is 146 Å². The van der Waals surface area contributed by atoms with Crippen LogP contribution in [0.15, 0.2) is 71.2 Å². The molecular formula is C19H11BrN2O2. The predicted molar refractivity (Wildman–Crippen MR) is 96.1 cm³/mol. The molecule has 3 aromatic carbocycles. The molecule has 0 atom stereocenters. The number of esters is 1. The molecule has 0 saturated carbocycles. The standard InChI is InChI=1S/C19H11BrN2O2/c20-12-8-10-13(11-9-12)24-19(23)14-4-3-7-17-18(14)22-16-6-2-1-5-15(16)21-17/h1-11H. The van der Waals surface area contributed by atoms with E-state index in [-0.39, 0.29) is 0 Å². The highest BCUT2D eigenvalue weighted by Gasteiger charge is 2.15. The molecule has 0 aliphatic rings. The number of para-hydroxylation sites is 3. The Bertz CT molecular complexity index is 1060. The zero-order valence-corrected chi connectivity index (χ0v) is 14.0. The van der Waals surface area contributed by atoms with Gasteiger partial charge in [0.05, 0.1) is 22.1 Å². The quantitative estimate of drug-likeness (QED) is 0.286. The average molecular weight is 379 g/mol. The Kier molecular flexibility index (Phi) is 3.70. The average Bonchev–Trinajstić information content (AvgIpc) is 2.61. The molecule has 0 spiro atoms. The van der Waals surface area contributed by atoms with Crippen LogP contribution in [0.2, 0.25) is 0 Å². The van der Waals surface area contributed by atoms with E-state index in [1.54, 1.807) is 24.3 Å². The number of halogens is 1. The number of nitrogens with zero attached hydrogens (tertiary/aromatic N) is 2. The van der Waals surface area contributed by atoms with Gasteiger partial charge in [0.25, 0.3) is 0 Å². The van der Waals surface area contributed by atoms with E-state index in [1.165, 1.54) is 0 Å². The molecular weight excluding hydrogens is 368 g/mol. The number of ether oxygens (including phenoxy) is 1. The summed E-state index contributed by atoms with van der Waals surface area (Å²) in [6, 6.07) is 20.0. The van der Waals surface area contributed by atoms with E-state index in [9.17, 15) is 4.79 Å². The van der Waals surface area contributed by atoms with Gasteiger partial charge in [-0.1, -0.05) is 34.1 Å². The Balaban J connectivity index is 1.79. The third kappa shape index (κ3) is 2.74. The fourth-order valence-electron chi connectivity index (χ4n) is 2.47. The minimum atomic E-state index is -0.451. The molecule has 0 unspecified atom stereocenters.